The third-order valence-corrected chi connectivity index (χ3v) is 4.53. The highest BCUT2D eigenvalue weighted by Crippen LogP contribution is 2.37. The number of hydroxylamine groups is 1. The summed E-state index contributed by atoms with van der Waals surface area (Å²) in [5, 5.41) is 2.12. The number of hydrogen-bond acceptors (Lipinski definition) is 3. The molecule has 3 nitrogen and oxygen atoms in total. The van der Waals surface area contributed by atoms with E-state index in [1.54, 1.807) is 0 Å². The van der Waals surface area contributed by atoms with E-state index < -0.39 is 0 Å². The highest BCUT2D eigenvalue weighted by Gasteiger charge is 2.43. The Labute approximate surface area is 121 Å². The van der Waals surface area contributed by atoms with Gasteiger partial charge < -0.3 is 4.74 Å². The van der Waals surface area contributed by atoms with Crippen LogP contribution in [0.3, 0.4) is 0 Å². The van der Waals surface area contributed by atoms with Gasteiger partial charge in [-0.2, -0.15) is 0 Å². The lowest BCUT2D eigenvalue weighted by Crippen LogP contribution is -2.39. The predicted molar refractivity (Wildman–Crippen MR) is 80.9 cm³/mol. The van der Waals surface area contributed by atoms with Crippen LogP contribution in [0.25, 0.3) is 0 Å². The van der Waals surface area contributed by atoms with Crippen molar-refractivity contribution in [2.24, 2.45) is 5.92 Å². The number of fused-ring (bicyclic) bond motifs is 1. The quantitative estimate of drug-likeness (QED) is 0.782. The fourth-order valence-electron chi connectivity index (χ4n) is 3.18. The van der Waals surface area contributed by atoms with E-state index in [-0.39, 0.29) is 11.5 Å². The molecule has 1 aromatic carbocycles. The number of anilines is 1. The lowest BCUT2D eigenvalue weighted by Gasteiger charge is -2.30. The van der Waals surface area contributed by atoms with Gasteiger partial charge in [0.25, 0.3) is 0 Å². The minimum atomic E-state index is 0.193. The second-order valence-corrected chi connectivity index (χ2v) is 7.03. The Morgan fingerprint density at radius 3 is 2.50 bits per heavy atom. The van der Waals surface area contributed by atoms with Crippen LogP contribution in [-0.2, 0) is 15.0 Å². The van der Waals surface area contributed by atoms with Crippen molar-refractivity contribution in [3.63, 3.8) is 0 Å². The molecule has 0 N–H and O–H groups in total. The zero-order chi connectivity index (χ0) is 14.3. The van der Waals surface area contributed by atoms with Crippen molar-refractivity contribution in [3.05, 3.63) is 29.8 Å². The Kier molecular flexibility index (Phi) is 3.51. The molecule has 0 bridgehead atoms. The van der Waals surface area contributed by atoms with E-state index in [0.29, 0.717) is 12.0 Å². The molecular weight excluding hydrogens is 250 g/mol. The summed E-state index contributed by atoms with van der Waals surface area (Å²) in [5.74, 6) is 0.492. The van der Waals surface area contributed by atoms with Crippen LogP contribution in [0.5, 0.6) is 0 Å². The molecule has 110 valence electrons. The van der Waals surface area contributed by atoms with Crippen molar-refractivity contribution in [2.45, 2.75) is 51.7 Å². The summed E-state index contributed by atoms with van der Waals surface area (Å²) in [5.41, 5.74) is 2.72. The molecule has 2 saturated heterocycles. The van der Waals surface area contributed by atoms with Gasteiger partial charge in [-0.25, -0.2) is 0 Å². The van der Waals surface area contributed by atoms with E-state index >= 15 is 0 Å². The van der Waals surface area contributed by atoms with Gasteiger partial charge >= 0.3 is 0 Å². The van der Waals surface area contributed by atoms with Crippen LogP contribution in [0.2, 0.25) is 0 Å². The summed E-state index contributed by atoms with van der Waals surface area (Å²) >= 11 is 0. The molecule has 0 aliphatic carbocycles. The van der Waals surface area contributed by atoms with Crippen LogP contribution < -0.4 is 5.06 Å². The lowest BCUT2D eigenvalue weighted by molar-refractivity contribution is 0.0309. The Hall–Kier alpha value is -1.06. The number of ether oxygens (including phenoxy) is 1. The summed E-state index contributed by atoms with van der Waals surface area (Å²) in [6.07, 6.45) is 1.29. The molecule has 1 aromatic rings. The Morgan fingerprint density at radius 2 is 1.85 bits per heavy atom. The van der Waals surface area contributed by atoms with Crippen LogP contribution in [0.15, 0.2) is 24.3 Å². The van der Waals surface area contributed by atoms with E-state index in [0.717, 1.165) is 19.6 Å². The van der Waals surface area contributed by atoms with E-state index in [1.807, 2.05) is 0 Å². The van der Waals surface area contributed by atoms with Gasteiger partial charge in [-0.3, -0.25) is 9.90 Å². The maximum Gasteiger partial charge on any atom is 0.0899 e. The third-order valence-electron chi connectivity index (χ3n) is 4.53. The summed E-state index contributed by atoms with van der Waals surface area (Å²) < 4.78 is 5.60. The molecule has 0 aromatic heterocycles. The van der Waals surface area contributed by atoms with Crippen molar-refractivity contribution in [1.29, 1.82) is 0 Å². The first kappa shape index (κ1) is 13.9. The lowest BCUT2D eigenvalue weighted by atomic mass is 9.87. The third kappa shape index (κ3) is 2.45. The van der Waals surface area contributed by atoms with E-state index in [4.69, 9.17) is 9.57 Å². The molecule has 3 atom stereocenters. The Morgan fingerprint density at radius 1 is 1.15 bits per heavy atom. The average Bonchev–Trinajstić information content (AvgIpc) is 2.76. The Bertz CT molecular complexity index is 463. The van der Waals surface area contributed by atoms with E-state index in [1.165, 1.54) is 11.3 Å². The number of nitrogens with zero attached hydrogens (tertiary/aromatic N) is 1. The maximum atomic E-state index is 6.07. The molecule has 0 unspecified atom stereocenters. The normalized spacial score (nSPS) is 30.4. The molecule has 2 heterocycles. The predicted octanol–water partition coefficient (Wildman–Crippen LogP) is 3.53. The SMILES string of the molecule is C[C@H]1ON(c2ccc(C(C)(C)C)cc2)[C@@H]2CCOC[C@@H]21. The summed E-state index contributed by atoms with van der Waals surface area (Å²) in [7, 11) is 0. The zero-order valence-corrected chi connectivity index (χ0v) is 12.9. The van der Waals surface area contributed by atoms with Crippen LogP contribution in [0.4, 0.5) is 5.69 Å². The molecule has 2 aliphatic heterocycles. The smallest absolute Gasteiger partial charge is 0.0899 e. The molecule has 20 heavy (non-hydrogen) atoms. The average molecular weight is 275 g/mol. The largest absolute Gasteiger partial charge is 0.381 e. The first-order chi connectivity index (χ1) is 9.47. The van der Waals surface area contributed by atoms with Crippen molar-refractivity contribution >= 4 is 5.69 Å². The second-order valence-electron chi connectivity index (χ2n) is 7.03. The van der Waals surface area contributed by atoms with Gasteiger partial charge in [0.1, 0.15) is 0 Å². The van der Waals surface area contributed by atoms with Gasteiger partial charge in [-0.05, 0) is 36.5 Å². The monoisotopic (exact) mass is 275 g/mol. The molecule has 0 amide bonds. The first-order valence-corrected chi connectivity index (χ1v) is 7.61. The van der Waals surface area contributed by atoms with Crippen molar-refractivity contribution < 1.29 is 9.57 Å². The maximum absolute atomic E-state index is 6.07. The van der Waals surface area contributed by atoms with Crippen LogP contribution >= 0.6 is 0 Å². The molecule has 0 saturated carbocycles. The number of rotatable bonds is 1. The second kappa shape index (κ2) is 5.05. The van der Waals surface area contributed by atoms with Gasteiger partial charge in [0, 0.05) is 12.5 Å². The van der Waals surface area contributed by atoms with E-state index in [2.05, 4.69) is 57.0 Å². The fraction of sp³-hybridized carbons (Fsp3) is 0.647. The zero-order valence-electron chi connectivity index (χ0n) is 12.9. The molecular formula is C17H25NO2. The van der Waals surface area contributed by atoms with Crippen LogP contribution in [0.1, 0.15) is 39.7 Å². The molecule has 2 aliphatic rings. The highest BCUT2D eigenvalue weighted by molar-refractivity contribution is 5.48. The van der Waals surface area contributed by atoms with Gasteiger partial charge in [0.2, 0.25) is 0 Å². The van der Waals surface area contributed by atoms with E-state index in [9.17, 15) is 0 Å². The first-order valence-electron chi connectivity index (χ1n) is 7.61. The van der Waals surface area contributed by atoms with Gasteiger partial charge in [-0.15, -0.1) is 0 Å². The van der Waals surface area contributed by atoms with Crippen molar-refractivity contribution in [2.75, 3.05) is 18.3 Å². The van der Waals surface area contributed by atoms with Gasteiger partial charge in [-0.1, -0.05) is 32.9 Å². The summed E-state index contributed by atoms with van der Waals surface area (Å²) in [6, 6.07) is 9.27. The van der Waals surface area contributed by atoms with Crippen LogP contribution in [-0.4, -0.2) is 25.4 Å². The summed E-state index contributed by atoms with van der Waals surface area (Å²) in [4.78, 5) is 6.07. The molecule has 0 spiro atoms. The molecule has 3 rings (SSSR count). The van der Waals surface area contributed by atoms with Crippen LogP contribution in [0, 0.1) is 5.92 Å². The van der Waals surface area contributed by atoms with Gasteiger partial charge in [0.15, 0.2) is 0 Å². The van der Waals surface area contributed by atoms with Crippen molar-refractivity contribution in [1.82, 2.24) is 0 Å². The number of hydrogen-bond donors (Lipinski definition) is 0. The minimum Gasteiger partial charge on any atom is -0.381 e. The van der Waals surface area contributed by atoms with Gasteiger partial charge in [0.05, 0.1) is 24.4 Å². The minimum absolute atomic E-state index is 0.193. The fourth-order valence-corrected chi connectivity index (χ4v) is 3.18. The highest BCUT2D eigenvalue weighted by atomic mass is 16.7. The molecule has 0 radical (unpaired) electrons. The van der Waals surface area contributed by atoms with Crippen molar-refractivity contribution in [3.8, 4) is 0 Å². The Balaban J connectivity index is 1.82. The number of benzene rings is 1. The topological polar surface area (TPSA) is 21.7 Å². The standard InChI is InChI=1S/C17H25NO2/c1-12-15-11-19-10-9-16(15)18(20-12)14-7-5-13(6-8-14)17(2,3)4/h5-8,12,15-16H,9-11H2,1-4H3/t12-,15-,16-/m1/s1. The molecule has 2 fully saturated rings. The summed E-state index contributed by atoms with van der Waals surface area (Å²) in [6.45, 7) is 10.5. The molecule has 3 heteroatoms.